The fraction of sp³-hybridized carbons (Fsp3) is 0.200. The molecule has 2 heterocycles. The topological polar surface area (TPSA) is 126 Å². The van der Waals surface area contributed by atoms with Crippen LogP contribution in [0, 0.1) is 0 Å². The summed E-state index contributed by atoms with van der Waals surface area (Å²) in [5.41, 5.74) is 2.07. The average Bonchev–Trinajstić information content (AvgIpc) is 3.39. The predicted molar refractivity (Wildman–Crippen MR) is 104 cm³/mol. The number of carbonyl (C=O) groups excluding carboxylic acids is 3. The van der Waals surface area contributed by atoms with E-state index < -0.39 is 17.9 Å². The second-order valence-electron chi connectivity index (χ2n) is 6.25. The molecule has 3 N–H and O–H groups in total. The quantitative estimate of drug-likeness (QED) is 0.525. The van der Waals surface area contributed by atoms with Crippen molar-refractivity contribution < 1.29 is 23.5 Å². The summed E-state index contributed by atoms with van der Waals surface area (Å²) in [7, 11) is 1.25. The number of hydrogen-bond donors (Lipinski definition) is 3. The van der Waals surface area contributed by atoms with Crippen molar-refractivity contribution in [3.05, 3.63) is 60.4 Å². The van der Waals surface area contributed by atoms with Crippen LogP contribution in [-0.2, 0) is 20.7 Å². The van der Waals surface area contributed by atoms with Gasteiger partial charge in [0.2, 0.25) is 5.91 Å². The minimum atomic E-state index is -0.890. The highest BCUT2D eigenvalue weighted by Crippen LogP contribution is 2.24. The number of carbonyl (C=O) groups is 3. The van der Waals surface area contributed by atoms with Gasteiger partial charge in [-0.25, -0.2) is 9.78 Å². The van der Waals surface area contributed by atoms with E-state index >= 15 is 0 Å². The molecular weight excluding hydrogens is 376 g/mol. The van der Waals surface area contributed by atoms with Crippen LogP contribution in [0.4, 0.5) is 5.69 Å². The molecule has 1 atom stereocenters. The molecule has 150 valence electrons. The second-order valence-corrected chi connectivity index (χ2v) is 6.25. The molecular formula is C20H20N4O5. The van der Waals surface area contributed by atoms with Gasteiger partial charge in [-0.2, -0.15) is 0 Å². The van der Waals surface area contributed by atoms with E-state index in [1.807, 2.05) is 0 Å². The lowest BCUT2D eigenvalue weighted by Gasteiger charge is -2.14. The van der Waals surface area contributed by atoms with Crippen LogP contribution in [0.5, 0.6) is 0 Å². The Bertz CT molecular complexity index is 992. The van der Waals surface area contributed by atoms with Gasteiger partial charge >= 0.3 is 5.97 Å². The van der Waals surface area contributed by atoms with Crippen molar-refractivity contribution in [1.29, 1.82) is 0 Å². The van der Waals surface area contributed by atoms with Crippen molar-refractivity contribution >= 4 is 23.5 Å². The highest BCUT2D eigenvalue weighted by Gasteiger charge is 2.24. The summed E-state index contributed by atoms with van der Waals surface area (Å²) in [6.45, 7) is 1.43. The van der Waals surface area contributed by atoms with Gasteiger partial charge in [-0.3, -0.25) is 9.59 Å². The van der Waals surface area contributed by atoms with Crippen molar-refractivity contribution in [2.24, 2.45) is 0 Å². The van der Waals surface area contributed by atoms with Crippen LogP contribution < -0.4 is 10.6 Å². The summed E-state index contributed by atoms with van der Waals surface area (Å²) >= 11 is 0. The number of benzene rings is 1. The molecule has 0 fully saturated rings. The number of furan rings is 1. The molecule has 9 nitrogen and oxygen atoms in total. The zero-order valence-electron chi connectivity index (χ0n) is 15.9. The molecule has 3 rings (SSSR count). The number of imidazole rings is 1. The molecule has 0 bridgehead atoms. The van der Waals surface area contributed by atoms with E-state index in [0.717, 1.165) is 5.56 Å². The number of anilines is 1. The number of H-pyrrole nitrogens is 1. The van der Waals surface area contributed by atoms with Gasteiger partial charge in [-0.15, -0.1) is 0 Å². The number of amides is 2. The van der Waals surface area contributed by atoms with E-state index in [1.165, 1.54) is 26.4 Å². The third-order valence-electron chi connectivity index (χ3n) is 4.09. The summed E-state index contributed by atoms with van der Waals surface area (Å²) in [6, 6.07) is 9.29. The number of methoxy groups -OCH3 is 1. The number of hydrogen-bond acceptors (Lipinski definition) is 6. The SMILES string of the molecule is COC(=O)[C@H](Cc1cnc[nH]1)NC(=O)c1ccc(-c2ccc(NC(C)=O)cc2)o1. The minimum absolute atomic E-state index is 0.0597. The average molecular weight is 396 g/mol. The lowest BCUT2D eigenvalue weighted by molar-refractivity contribution is -0.142. The van der Waals surface area contributed by atoms with Gasteiger partial charge < -0.3 is 24.8 Å². The van der Waals surface area contributed by atoms with Gasteiger partial charge in [0.1, 0.15) is 11.8 Å². The molecule has 3 aromatic rings. The van der Waals surface area contributed by atoms with E-state index in [9.17, 15) is 14.4 Å². The maximum atomic E-state index is 12.5. The first-order valence-corrected chi connectivity index (χ1v) is 8.80. The van der Waals surface area contributed by atoms with Crippen LogP contribution in [0.3, 0.4) is 0 Å². The van der Waals surface area contributed by atoms with E-state index in [2.05, 4.69) is 20.6 Å². The summed E-state index contributed by atoms with van der Waals surface area (Å²) in [4.78, 5) is 42.4. The summed E-state index contributed by atoms with van der Waals surface area (Å²) in [5, 5.41) is 5.29. The molecule has 0 saturated heterocycles. The Labute approximate surface area is 166 Å². The molecule has 2 aromatic heterocycles. The molecule has 9 heteroatoms. The Hall–Kier alpha value is -3.88. The van der Waals surface area contributed by atoms with E-state index in [1.54, 1.807) is 36.5 Å². The van der Waals surface area contributed by atoms with Crippen LogP contribution in [-0.4, -0.2) is 40.9 Å². The number of esters is 1. The maximum Gasteiger partial charge on any atom is 0.328 e. The molecule has 0 aliphatic carbocycles. The van der Waals surface area contributed by atoms with E-state index in [4.69, 9.17) is 9.15 Å². The molecule has 0 saturated carbocycles. The Morgan fingerprint density at radius 1 is 1.17 bits per heavy atom. The molecule has 0 aliphatic heterocycles. The van der Waals surface area contributed by atoms with E-state index in [-0.39, 0.29) is 18.1 Å². The van der Waals surface area contributed by atoms with Gasteiger partial charge in [0, 0.05) is 36.5 Å². The number of nitrogens with zero attached hydrogens (tertiary/aromatic N) is 1. The minimum Gasteiger partial charge on any atom is -0.467 e. The number of aromatic amines is 1. The first-order chi connectivity index (χ1) is 14.0. The smallest absolute Gasteiger partial charge is 0.328 e. The highest BCUT2D eigenvalue weighted by molar-refractivity contribution is 5.95. The standard InChI is InChI=1S/C20H20N4O5/c1-12(25)23-14-5-3-13(4-6-14)17-7-8-18(29-17)19(26)24-16(20(27)28-2)9-15-10-21-11-22-15/h3-8,10-11,16H,9H2,1-2H3,(H,21,22)(H,23,25)(H,24,26)/t16-/m0/s1. The lowest BCUT2D eigenvalue weighted by Crippen LogP contribution is -2.43. The van der Waals surface area contributed by atoms with E-state index in [0.29, 0.717) is 17.1 Å². The van der Waals surface area contributed by atoms with Crippen LogP contribution in [0.25, 0.3) is 11.3 Å². The zero-order valence-corrected chi connectivity index (χ0v) is 15.9. The molecule has 0 radical (unpaired) electrons. The van der Waals surface area contributed by atoms with Crippen molar-refractivity contribution in [3.8, 4) is 11.3 Å². The molecule has 0 aliphatic rings. The van der Waals surface area contributed by atoms with Crippen LogP contribution >= 0.6 is 0 Å². The van der Waals surface area contributed by atoms with Gasteiger partial charge in [-0.05, 0) is 36.4 Å². The molecule has 2 amide bonds. The number of nitrogens with one attached hydrogen (secondary N) is 3. The first-order valence-electron chi connectivity index (χ1n) is 8.80. The van der Waals surface area contributed by atoms with Gasteiger partial charge in [0.25, 0.3) is 5.91 Å². The summed E-state index contributed by atoms with van der Waals surface area (Å²) < 4.78 is 10.4. The third-order valence-corrected chi connectivity index (χ3v) is 4.09. The van der Waals surface area contributed by atoms with Crippen molar-refractivity contribution in [3.63, 3.8) is 0 Å². The maximum absolute atomic E-state index is 12.5. The van der Waals surface area contributed by atoms with Crippen LogP contribution in [0.1, 0.15) is 23.2 Å². The first kappa shape index (κ1) is 19.9. The summed E-state index contributed by atoms with van der Waals surface area (Å²) in [6.07, 6.45) is 3.26. The van der Waals surface area contributed by atoms with Crippen molar-refractivity contribution in [1.82, 2.24) is 15.3 Å². The Balaban J connectivity index is 1.70. The molecule has 0 spiro atoms. The second kappa shape index (κ2) is 8.87. The Morgan fingerprint density at radius 2 is 1.93 bits per heavy atom. The van der Waals surface area contributed by atoms with Crippen LogP contribution in [0.2, 0.25) is 0 Å². The number of ether oxygens (including phenoxy) is 1. The molecule has 1 aromatic carbocycles. The highest BCUT2D eigenvalue weighted by atomic mass is 16.5. The predicted octanol–water partition coefficient (Wildman–Crippen LogP) is 2.14. The number of aromatic nitrogens is 2. The van der Waals surface area contributed by atoms with Gasteiger partial charge in [0.05, 0.1) is 13.4 Å². The zero-order chi connectivity index (χ0) is 20.8. The van der Waals surface area contributed by atoms with Crippen molar-refractivity contribution in [2.75, 3.05) is 12.4 Å². The Morgan fingerprint density at radius 3 is 2.55 bits per heavy atom. The monoisotopic (exact) mass is 396 g/mol. The van der Waals surface area contributed by atoms with Gasteiger partial charge in [-0.1, -0.05) is 0 Å². The lowest BCUT2D eigenvalue weighted by atomic mass is 10.1. The number of rotatable bonds is 7. The molecule has 29 heavy (non-hydrogen) atoms. The fourth-order valence-electron chi connectivity index (χ4n) is 2.72. The van der Waals surface area contributed by atoms with Crippen LogP contribution in [0.15, 0.2) is 53.3 Å². The normalized spacial score (nSPS) is 11.5. The largest absolute Gasteiger partial charge is 0.467 e. The summed E-state index contributed by atoms with van der Waals surface area (Å²) in [5.74, 6) is -0.739. The fourth-order valence-corrected chi connectivity index (χ4v) is 2.72. The third kappa shape index (κ3) is 5.10. The van der Waals surface area contributed by atoms with Gasteiger partial charge in [0.15, 0.2) is 5.76 Å². The Kier molecular flexibility index (Phi) is 6.08. The molecule has 0 unspecified atom stereocenters. The van der Waals surface area contributed by atoms with Crippen molar-refractivity contribution in [2.45, 2.75) is 19.4 Å².